The number of fused-ring (bicyclic) bond motifs is 1. The maximum Gasteiger partial charge on any atom is 0.310 e. The number of para-hydroxylation sites is 1. The lowest BCUT2D eigenvalue weighted by molar-refractivity contribution is -0.149. The van der Waals surface area contributed by atoms with Gasteiger partial charge in [-0.25, -0.2) is 0 Å². The van der Waals surface area contributed by atoms with Gasteiger partial charge >= 0.3 is 5.97 Å². The third-order valence-electron chi connectivity index (χ3n) is 4.07. The number of H-pyrrole nitrogens is 1. The van der Waals surface area contributed by atoms with Crippen molar-refractivity contribution in [1.29, 1.82) is 0 Å². The van der Waals surface area contributed by atoms with E-state index in [1.165, 1.54) is 0 Å². The van der Waals surface area contributed by atoms with Gasteiger partial charge in [-0.3, -0.25) is 4.79 Å². The number of aromatic amines is 1. The van der Waals surface area contributed by atoms with E-state index < -0.39 is 0 Å². The zero-order valence-electron chi connectivity index (χ0n) is 13.7. The maximum atomic E-state index is 12.3. The van der Waals surface area contributed by atoms with E-state index in [1.807, 2.05) is 30.5 Å². The molecule has 0 saturated carbocycles. The first-order chi connectivity index (χ1) is 10.7. The van der Waals surface area contributed by atoms with Crippen molar-refractivity contribution in [3.05, 3.63) is 36.0 Å². The molecule has 0 atom stereocenters. The van der Waals surface area contributed by atoms with E-state index in [-0.39, 0.29) is 12.1 Å². The molecule has 0 fully saturated rings. The molecule has 0 aliphatic carbocycles. The molecule has 2 rings (SSSR count). The van der Waals surface area contributed by atoms with Crippen molar-refractivity contribution in [3.63, 3.8) is 0 Å². The Kier molecular flexibility index (Phi) is 6.50. The molecule has 0 spiro atoms. The van der Waals surface area contributed by atoms with Gasteiger partial charge in [0.2, 0.25) is 0 Å². The van der Waals surface area contributed by atoms with Crippen molar-refractivity contribution in [1.82, 2.24) is 4.98 Å². The molecular formula is C19H27NO2. The zero-order valence-corrected chi connectivity index (χ0v) is 13.7. The third kappa shape index (κ3) is 4.62. The van der Waals surface area contributed by atoms with Crippen LogP contribution >= 0.6 is 0 Å². The van der Waals surface area contributed by atoms with Gasteiger partial charge in [-0.05, 0) is 24.5 Å². The molecule has 0 aliphatic rings. The summed E-state index contributed by atoms with van der Waals surface area (Å²) < 4.78 is 5.72. The third-order valence-corrected chi connectivity index (χ3v) is 4.07. The quantitative estimate of drug-likeness (QED) is 0.662. The number of nitrogens with one attached hydrogen (secondary N) is 1. The average Bonchev–Trinajstić information content (AvgIpc) is 2.93. The number of hydrogen-bond acceptors (Lipinski definition) is 2. The van der Waals surface area contributed by atoms with E-state index in [0.717, 1.165) is 55.0 Å². The minimum Gasteiger partial charge on any atom is -0.462 e. The highest BCUT2D eigenvalue weighted by Crippen LogP contribution is 2.19. The van der Waals surface area contributed by atoms with Gasteiger partial charge in [0, 0.05) is 17.1 Å². The number of carbonyl (C=O) groups is 1. The molecule has 0 unspecified atom stereocenters. The van der Waals surface area contributed by atoms with Crippen LogP contribution in [0, 0.1) is 0 Å². The van der Waals surface area contributed by atoms with E-state index in [4.69, 9.17) is 4.74 Å². The van der Waals surface area contributed by atoms with Crippen LogP contribution in [0.2, 0.25) is 0 Å². The summed E-state index contributed by atoms with van der Waals surface area (Å²) in [5, 5.41) is 1.11. The molecule has 0 saturated heterocycles. The first kappa shape index (κ1) is 16.6. The summed E-state index contributed by atoms with van der Waals surface area (Å²) >= 11 is 0. The van der Waals surface area contributed by atoms with Gasteiger partial charge in [-0.15, -0.1) is 0 Å². The van der Waals surface area contributed by atoms with Crippen LogP contribution in [0.15, 0.2) is 30.5 Å². The number of benzene rings is 1. The van der Waals surface area contributed by atoms with Gasteiger partial charge in [-0.2, -0.15) is 0 Å². The second-order valence-corrected chi connectivity index (χ2v) is 5.93. The van der Waals surface area contributed by atoms with Crippen LogP contribution in [-0.4, -0.2) is 17.1 Å². The Balaban J connectivity index is 1.94. The van der Waals surface area contributed by atoms with Gasteiger partial charge in [0.25, 0.3) is 0 Å². The summed E-state index contributed by atoms with van der Waals surface area (Å²) in [5.41, 5.74) is 2.09. The lowest BCUT2D eigenvalue weighted by atomic mass is 10.1. The Morgan fingerprint density at radius 2 is 1.82 bits per heavy atom. The van der Waals surface area contributed by atoms with E-state index in [1.54, 1.807) is 0 Å². The summed E-state index contributed by atoms with van der Waals surface area (Å²) in [6.07, 6.45) is 8.83. The highest BCUT2D eigenvalue weighted by atomic mass is 16.5. The predicted molar refractivity (Wildman–Crippen MR) is 90.9 cm³/mol. The Morgan fingerprint density at radius 3 is 2.50 bits per heavy atom. The van der Waals surface area contributed by atoms with Gasteiger partial charge in [-0.1, -0.05) is 57.7 Å². The van der Waals surface area contributed by atoms with E-state index in [2.05, 4.69) is 18.8 Å². The van der Waals surface area contributed by atoms with Crippen molar-refractivity contribution in [2.45, 2.75) is 64.9 Å². The van der Waals surface area contributed by atoms with Crippen molar-refractivity contribution < 1.29 is 9.53 Å². The maximum absolute atomic E-state index is 12.3. The minimum atomic E-state index is -0.109. The fraction of sp³-hybridized carbons (Fsp3) is 0.526. The molecule has 120 valence electrons. The average molecular weight is 301 g/mol. The number of rotatable bonds is 9. The topological polar surface area (TPSA) is 42.1 Å². The van der Waals surface area contributed by atoms with Crippen LogP contribution in [0.5, 0.6) is 0 Å². The molecule has 0 amide bonds. The molecule has 1 aromatic heterocycles. The van der Waals surface area contributed by atoms with Crippen LogP contribution in [0.25, 0.3) is 10.9 Å². The fourth-order valence-corrected chi connectivity index (χ4v) is 2.79. The summed E-state index contributed by atoms with van der Waals surface area (Å²) in [6, 6.07) is 8.05. The van der Waals surface area contributed by atoms with E-state index >= 15 is 0 Å². The smallest absolute Gasteiger partial charge is 0.310 e. The van der Waals surface area contributed by atoms with Crippen LogP contribution in [0.3, 0.4) is 0 Å². The number of unbranched alkanes of at least 4 members (excludes halogenated alkanes) is 2. The molecule has 2 aromatic rings. The fourth-order valence-electron chi connectivity index (χ4n) is 2.79. The second-order valence-electron chi connectivity index (χ2n) is 5.93. The van der Waals surface area contributed by atoms with Gasteiger partial charge in [0.1, 0.15) is 6.10 Å². The lowest BCUT2D eigenvalue weighted by Crippen LogP contribution is -2.19. The Morgan fingerprint density at radius 1 is 1.14 bits per heavy atom. The predicted octanol–water partition coefficient (Wildman–Crippen LogP) is 5.00. The molecule has 0 aliphatic heterocycles. The van der Waals surface area contributed by atoms with Gasteiger partial charge < -0.3 is 9.72 Å². The molecule has 22 heavy (non-hydrogen) atoms. The SMILES string of the molecule is CCCCC(CCCC)OC(=O)Cc1c[nH]c2ccccc12. The summed E-state index contributed by atoms with van der Waals surface area (Å²) in [7, 11) is 0. The molecule has 0 bridgehead atoms. The first-order valence-corrected chi connectivity index (χ1v) is 8.49. The van der Waals surface area contributed by atoms with E-state index in [0.29, 0.717) is 6.42 Å². The Bertz CT molecular complexity index is 580. The Hall–Kier alpha value is -1.77. The standard InChI is InChI=1S/C19H27NO2/c1-3-5-9-16(10-6-4-2)22-19(21)13-15-14-20-18-12-8-7-11-17(15)18/h7-8,11-12,14,16,20H,3-6,9-10,13H2,1-2H3. The highest BCUT2D eigenvalue weighted by Gasteiger charge is 2.15. The molecule has 1 N–H and O–H groups in total. The lowest BCUT2D eigenvalue weighted by Gasteiger charge is -2.17. The van der Waals surface area contributed by atoms with Crippen molar-refractivity contribution >= 4 is 16.9 Å². The van der Waals surface area contributed by atoms with Crippen LogP contribution in [0.4, 0.5) is 0 Å². The molecule has 3 heteroatoms. The first-order valence-electron chi connectivity index (χ1n) is 8.49. The van der Waals surface area contributed by atoms with Gasteiger partial charge in [0.05, 0.1) is 6.42 Å². The van der Waals surface area contributed by atoms with Crippen molar-refractivity contribution in [2.24, 2.45) is 0 Å². The molecular weight excluding hydrogens is 274 g/mol. The summed E-state index contributed by atoms with van der Waals surface area (Å²) in [5.74, 6) is -0.109. The molecule has 1 heterocycles. The Labute approximate surface area is 133 Å². The highest BCUT2D eigenvalue weighted by molar-refractivity contribution is 5.87. The van der Waals surface area contributed by atoms with Gasteiger partial charge in [0.15, 0.2) is 0 Å². The van der Waals surface area contributed by atoms with E-state index in [9.17, 15) is 4.79 Å². The normalized spacial score (nSPS) is 11.2. The number of hydrogen-bond donors (Lipinski definition) is 1. The second kappa shape index (κ2) is 8.62. The summed E-state index contributed by atoms with van der Waals surface area (Å²) in [4.78, 5) is 15.5. The van der Waals surface area contributed by atoms with Crippen LogP contribution in [0.1, 0.15) is 57.9 Å². The molecule has 3 nitrogen and oxygen atoms in total. The monoisotopic (exact) mass is 301 g/mol. The number of aromatic nitrogens is 1. The van der Waals surface area contributed by atoms with Crippen molar-refractivity contribution in [3.8, 4) is 0 Å². The number of carbonyl (C=O) groups excluding carboxylic acids is 1. The number of esters is 1. The van der Waals surface area contributed by atoms with Crippen LogP contribution < -0.4 is 0 Å². The number of ether oxygens (including phenoxy) is 1. The molecule has 0 radical (unpaired) electrons. The zero-order chi connectivity index (χ0) is 15.8. The van der Waals surface area contributed by atoms with Crippen molar-refractivity contribution in [2.75, 3.05) is 0 Å². The largest absolute Gasteiger partial charge is 0.462 e. The summed E-state index contributed by atoms with van der Waals surface area (Å²) in [6.45, 7) is 4.34. The minimum absolute atomic E-state index is 0.0811. The van der Waals surface area contributed by atoms with Crippen LogP contribution in [-0.2, 0) is 16.0 Å². The molecule has 1 aromatic carbocycles.